The molecule has 0 unspecified atom stereocenters. The third kappa shape index (κ3) is 2.37. The third-order valence-electron chi connectivity index (χ3n) is 2.51. The van der Waals surface area contributed by atoms with Gasteiger partial charge in [0.25, 0.3) is 0 Å². The minimum absolute atomic E-state index is 0.0121. The Bertz CT molecular complexity index is 474. The molecule has 0 aliphatic carbocycles. The minimum atomic E-state index is 0.0121. The van der Waals surface area contributed by atoms with E-state index in [1.165, 1.54) is 5.56 Å². The zero-order valence-corrected chi connectivity index (χ0v) is 9.26. The van der Waals surface area contributed by atoms with Crippen LogP contribution in [0.1, 0.15) is 23.1 Å². The maximum absolute atomic E-state index is 11.3. The first-order valence-electron chi connectivity index (χ1n) is 5.33. The number of carbonyl (C=O) groups excluding carboxylic acids is 1. The van der Waals surface area contributed by atoms with Gasteiger partial charge in [-0.2, -0.15) is 0 Å². The Labute approximate surface area is 94.7 Å². The van der Waals surface area contributed by atoms with Crippen molar-refractivity contribution in [1.82, 2.24) is 9.55 Å². The molecule has 3 nitrogen and oxygen atoms in total. The average molecular weight is 214 g/mol. The predicted octanol–water partition coefficient (Wildman–Crippen LogP) is 2.33. The molecule has 0 saturated carbocycles. The molecule has 0 atom stereocenters. The Balaban J connectivity index is 2.05. The highest BCUT2D eigenvalue weighted by Crippen LogP contribution is 2.04. The van der Waals surface area contributed by atoms with Gasteiger partial charge in [-0.1, -0.05) is 30.3 Å². The second-order valence-corrected chi connectivity index (χ2v) is 3.74. The Hall–Kier alpha value is -1.90. The SMILES string of the molecule is CC(=O)c1nccn1CCc1ccccc1. The van der Waals surface area contributed by atoms with Crippen molar-refractivity contribution in [2.24, 2.45) is 0 Å². The van der Waals surface area contributed by atoms with Crippen molar-refractivity contribution >= 4 is 5.78 Å². The molecule has 0 N–H and O–H groups in total. The summed E-state index contributed by atoms with van der Waals surface area (Å²) < 4.78 is 1.90. The quantitative estimate of drug-likeness (QED) is 0.732. The average Bonchev–Trinajstić information content (AvgIpc) is 2.76. The van der Waals surface area contributed by atoms with Crippen molar-refractivity contribution < 1.29 is 4.79 Å². The fraction of sp³-hybridized carbons (Fsp3) is 0.231. The van der Waals surface area contributed by atoms with Gasteiger partial charge < -0.3 is 4.57 Å². The Morgan fingerprint density at radius 3 is 2.75 bits per heavy atom. The van der Waals surface area contributed by atoms with E-state index in [0.717, 1.165) is 13.0 Å². The van der Waals surface area contributed by atoms with Gasteiger partial charge in [0.05, 0.1) is 0 Å². The summed E-state index contributed by atoms with van der Waals surface area (Å²) in [5.41, 5.74) is 1.27. The molecule has 0 aliphatic rings. The second-order valence-electron chi connectivity index (χ2n) is 3.74. The molecule has 0 fully saturated rings. The molecular weight excluding hydrogens is 200 g/mol. The number of ketones is 1. The van der Waals surface area contributed by atoms with E-state index in [2.05, 4.69) is 17.1 Å². The first-order valence-corrected chi connectivity index (χ1v) is 5.33. The van der Waals surface area contributed by atoms with Gasteiger partial charge in [-0.15, -0.1) is 0 Å². The van der Waals surface area contributed by atoms with E-state index in [4.69, 9.17) is 0 Å². The van der Waals surface area contributed by atoms with Gasteiger partial charge in [-0.05, 0) is 12.0 Å². The largest absolute Gasteiger partial charge is 0.328 e. The zero-order valence-electron chi connectivity index (χ0n) is 9.26. The summed E-state index contributed by atoms with van der Waals surface area (Å²) in [4.78, 5) is 15.3. The number of aromatic nitrogens is 2. The third-order valence-corrected chi connectivity index (χ3v) is 2.51. The van der Waals surface area contributed by atoms with Crippen LogP contribution in [0.15, 0.2) is 42.7 Å². The van der Waals surface area contributed by atoms with Crippen molar-refractivity contribution in [3.8, 4) is 0 Å². The number of carbonyl (C=O) groups is 1. The molecule has 3 heteroatoms. The fourth-order valence-electron chi connectivity index (χ4n) is 1.70. The lowest BCUT2D eigenvalue weighted by molar-refractivity contribution is 0.0999. The standard InChI is InChI=1S/C13H14N2O/c1-11(16)13-14-8-10-15(13)9-7-12-5-3-2-4-6-12/h2-6,8,10H,7,9H2,1H3. The van der Waals surface area contributed by atoms with Crippen LogP contribution in [0.5, 0.6) is 0 Å². The van der Waals surface area contributed by atoms with Gasteiger partial charge in [0.15, 0.2) is 11.6 Å². The number of hydrogen-bond donors (Lipinski definition) is 0. The highest BCUT2D eigenvalue weighted by molar-refractivity contribution is 5.90. The lowest BCUT2D eigenvalue weighted by atomic mass is 10.1. The monoisotopic (exact) mass is 214 g/mol. The van der Waals surface area contributed by atoms with Crippen molar-refractivity contribution in [3.05, 3.63) is 54.1 Å². The summed E-state index contributed by atoms with van der Waals surface area (Å²) >= 11 is 0. The zero-order chi connectivity index (χ0) is 11.4. The molecule has 82 valence electrons. The number of nitrogens with zero attached hydrogens (tertiary/aromatic N) is 2. The van der Waals surface area contributed by atoms with Crippen molar-refractivity contribution in [1.29, 1.82) is 0 Å². The molecule has 0 spiro atoms. The van der Waals surface area contributed by atoms with E-state index in [1.807, 2.05) is 29.0 Å². The van der Waals surface area contributed by atoms with E-state index in [0.29, 0.717) is 5.82 Å². The summed E-state index contributed by atoms with van der Waals surface area (Å²) in [6, 6.07) is 10.2. The maximum Gasteiger partial charge on any atom is 0.195 e. The fourth-order valence-corrected chi connectivity index (χ4v) is 1.70. The van der Waals surface area contributed by atoms with Crippen LogP contribution in [0.4, 0.5) is 0 Å². The van der Waals surface area contributed by atoms with Crippen molar-refractivity contribution in [2.45, 2.75) is 19.9 Å². The first-order chi connectivity index (χ1) is 7.77. The van der Waals surface area contributed by atoms with Crippen LogP contribution < -0.4 is 0 Å². The highest BCUT2D eigenvalue weighted by atomic mass is 16.1. The number of hydrogen-bond acceptors (Lipinski definition) is 2. The number of aryl methyl sites for hydroxylation is 2. The number of benzene rings is 1. The van der Waals surface area contributed by atoms with Crippen molar-refractivity contribution in [3.63, 3.8) is 0 Å². The van der Waals surface area contributed by atoms with Gasteiger partial charge in [-0.25, -0.2) is 4.98 Å². The summed E-state index contributed by atoms with van der Waals surface area (Å²) in [5.74, 6) is 0.550. The summed E-state index contributed by atoms with van der Waals surface area (Å²) in [7, 11) is 0. The van der Waals surface area contributed by atoms with Crippen LogP contribution in [0.25, 0.3) is 0 Å². The maximum atomic E-state index is 11.3. The normalized spacial score (nSPS) is 10.3. The Kier molecular flexibility index (Phi) is 3.15. The second kappa shape index (κ2) is 4.75. The first kappa shape index (κ1) is 10.6. The molecule has 2 aromatic rings. The lowest BCUT2D eigenvalue weighted by Crippen LogP contribution is -2.08. The molecule has 0 radical (unpaired) electrons. The van der Waals surface area contributed by atoms with E-state index in [-0.39, 0.29) is 5.78 Å². The van der Waals surface area contributed by atoms with E-state index in [1.54, 1.807) is 13.1 Å². The van der Waals surface area contributed by atoms with Gasteiger partial charge in [0.1, 0.15) is 0 Å². The van der Waals surface area contributed by atoms with Gasteiger partial charge in [0.2, 0.25) is 0 Å². The van der Waals surface area contributed by atoms with Gasteiger partial charge in [-0.3, -0.25) is 4.79 Å². The summed E-state index contributed by atoms with van der Waals surface area (Å²) in [5, 5.41) is 0. The number of imidazole rings is 1. The molecule has 2 rings (SSSR count). The number of Topliss-reactive ketones (excluding diaryl/α,β-unsaturated/α-hetero) is 1. The molecule has 0 bridgehead atoms. The smallest absolute Gasteiger partial charge is 0.195 e. The molecule has 0 amide bonds. The minimum Gasteiger partial charge on any atom is -0.328 e. The summed E-state index contributed by atoms with van der Waals surface area (Å²) in [6.45, 7) is 2.33. The molecule has 0 aliphatic heterocycles. The van der Waals surface area contributed by atoms with Crippen LogP contribution in [-0.4, -0.2) is 15.3 Å². The molecule has 16 heavy (non-hydrogen) atoms. The highest BCUT2D eigenvalue weighted by Gasteiger charge is 2.06. The summed E-state index contributed by atoms with van der Waals surface area (Å²) in [6.07, 6.45) is 4.43. The Morgan fingerprint density at radius 2 is 2.06 bits per heavy atom. The van der Waals surface area contributed by atoms with Crippen LogP contribution in [-0.2, 0) is 13.0 Å². The van der Waals surface area contributed by atoms with Crippen LogP contribution in [0.3, 0.4) is 0 Å². The Morgan fingerprint density at radius 1 is 1.31 bits per heavy atom. The van der Waals surface area contributed by atoms with E-state index >= 15 is 0 Å². The lowest BCUT2D eigenvalue weighted by Gasteiger charge is -2.05. The van der Waals surface area contributed by atoms with Gasteiger partial charge in [0, 0.05) is 25.9 Å². The van der Waals surface area contributed by atoms with E-state index < -0.39 is 0 Å². The van der Waals surface area contributed by atoms with E-state index in [9.17, 15) is 4.79 Å². The number of rotatable bonds is 4. The molecule has 1 aromatic heterocycles. The molecular formula is C13H14N2O. The van der Waals surface area contributed by atoms with Crippen LogP contribution >= 0.6 is 0 Å². The van der Waals surface area contributed by atoms with Gasteiger partial charge >= 0.3 is 0 Å². The molecule has 1 aromatic carbocycles. The van der Waals surface area contributed by atoms with Crippen LogP contribution in [0.2, 0.25) is 0 Å². The molecule has 0 saturated heterocycles. The van der Waals surface area contributed by atoms with Crippen LogP contribution in [0, 0.1) is 0 Å². The topological polar surface area (TPSA) is 34.9 Å². The van der Waals surface area contributed by atoms with Crippen molar-refractivity contribution in [2.75, 3.05) is 0 Å². The molecule has 1 heterocycles. The predicted molar refractivity (Wildman–Crippen MR) is 62.4 cm³/mol.